The minimum atomic E-state index is 1.33. The molecule has 0 aliphatic carbocycles. The predicted octanol–water partition coefficient (Wildman–Crippen LogP) is 2.65. The molecule has 0 spiro atoms. The van der Waals surface area contributed by atoms with Gasteiger partial charge in [-0.05, 0) is 0 Å². The topological polar surface area (TPSA) is 0 Å². The lowest BCUT2D eigenvalue weighted by molar-refractivity contribution is 1.15. The van der Waals surface area contributed by atoms with Crippen LogP contribution in [0, 0.1) is 5.92 Å². The molecular weight excluding hydrogens is 108 g/mol. The van der Waals surface area contributed by atoms with Crippen LogP contribution in [-0.4, -0.2) is 0 Å². The van der Waals surface area contributed by atoms with E-state index in [2.05, 4.69) is 38.1 Å². The summed E-state index contributed by atoms with van der Waals surface area (Å²) in [7, 11) is 0. The molecule has 0 N–H and O–H groups in total. The van der Waals surface area contributed by atoms with Crippen molar-refractivity contribution in [2.24, 2.45) is 0 Å². The van der Waals surface area contributed by atoms with Gasteiger partial charge >= 0.3 is 0 Å². The molecule has 0 heterocycles. The Morgan fingerprint density at radius 2 is 1.56 bits per heavy atom. The van der Waals surface area contributed by atoms with E-state index in [1.165, 1.54) is 11.5 Å². The molecule has 0 aromatic heterocycles. The molecule has 0 atom stereocenters. The largest absolute Gasteiger partial charge is 0.189 e. The second kappa shape index (κ2) is 2.58. The highest BCUT2D eigenvalue weighted by Gasteiger charge is 1.82. The number of hydrogen-bond acceptors (Lipinski definition) is 0. The molecule has 0 nitrogen and oxygen atoms in total. The first-order valence-corrected chi connectivity index (χ1v) is 3.16. The average Bonchev–Trinajstić information content (AvgIpc) is 1.90. The molecule has 0 unspecified atom stereocenters. The van der Waals surface area contributed by atoms with Gasteiger partial charge in [-0.15, -0.1) is 12.1 Å². The Morgan fingerprint density at radius 1 is 1.00 bits per heavy atom. The maximum absolute atomic E-state index is 2.12. The van der Waals surface area contributed by atoms with Gasteiger partial charge in [0.1, 0.15) is 0 Å². The van der Waals surface area contributed by atoms with Crippen LogP contribution in [0.15, 0.2) is 30.3 Å². The summed E-state index contributed by atoms with van der Waals surface area (Å²) in [5, 5.41) is 0. The summed E-state index contributed by atoms with van der Waals surface area (Å²) in [4.78, 5) is 0. The van der Waals surface area contributed by atoms with Gasteiger partial charge in [-0.25, -0.2) is 0 Å². The third kappa shape index (κ3) is 1.49. The van der Waals surface area contributed by atoms with E-state index in [9.17, 15) is 0 Å². The fourth-order valence-corrected chi connectivity index (χ4v) is 0.771. The summed E-state index contributed by atoms with van der Waals surface area (Å²) in [6.45, 7) is 4.24. The van der Waals surface area contributed by atoms with E-state index in [-0.39, 0.29) is 0 Å². The van der Waals surface area contributed by atoms with Crippen LogP contribution < -0.4 is 0 Å². The predicted molar refractivity (Wildman–Crippen MR) is 40.1 cm³/mol. The summed E-state index contributed by atoms with van der Waals surface area (Å²) in [5.41, 5.74) is 1.33. The Balaban J connectivity index is 2.85. The van der Waals surface area contributed by atoms with Gasteiger partial charge in [0.2, 0.25) is 0 Å². The van der Waals surface area contributed by atoms with Crippen LogP contribution in [-0.2, 0) is 0 Å². The van der Waals surface area contributed by atoms with Gasteiger partial charge in [0.15, 0.2) is 0 Å². The van der Waals surface area contributed by atoms with Crippen LogP contribution >= 0.6 is 0 Å². The Morgan fingerprint density at radius 3 is 1.89 bits per heavy atom. The smallest absolute Gasteiger partial charge is 0.0866 e. The Labute approximate surface area is 56.5 Å². The zero-order chi connectivity index (χ0) is 6.69. The highest BCUT2D eigenvalue weighted by atomic mass is 14.0. The van der Waals surface area contributed by atoms with Gasteiger partial charge in [-0.3, -0.25) is 0 Å². The van der Waals surface area contributed by atoms with E-state index < -0.39 is 0 Å². The van der Waals surface area contributed by atoms with Crippen molar-refractivity contribution < 1.29 is 0 Å². The molecule has 1 aromatic carbocycles. The second-order valence-corrected chi connectivity index (χ2v) is 2.37. The van der Waals surface area contributed by atoms with Crippen LogP contribution in [0.4, 0.5) is 0 Å². The molecular formula is C9H11-. The Hall–Kier alpha value is -0.910. The first-order valence-electron chi connectivity index (χ1n) is 3.16. The van der Waals surface area contributed by atoms with E-state index in [0.29, 0.717) is 0 Å². The third-order valence-electron chi connectivity index (χ3n) is 1.35. The highest BCUT2D eigenvalue weighted by Crippen LogP contribution is 2.10. The standard InChI is InChI=1S/C9H11/c1-8(2)9-6-4-3-5-7-9/h3-7H,1-2H3/q-1. The molecule has 9 heavy (non-hydrogen) atoms. The first-order chi connectivity index (χ1) is 4.30. The van der Waals surface area contributed by atoms with Crippen molar-refractivity contribution >= 4 is 0 Å². The Kier molecular flexibility index (Phi) is 1.78. The van der Waals surface area contributed by atoms with Crippen LogP contribution in [0.2, 0.25) is 0 Å². The lowest BCUT2D eigenvalue weighted by atomic mass is 10.0. The van der Waals surface area contributed by atoms with Crippen LogP contribution in [0.25, 0.3) is 0 Å². The van der Waals surface area contributed by atoms with E-state index >= 15 is 0 Å². The maximum atomic E-state index is 2.12. The minimum Gasteiger partial charge on any atom is -0.189 e. The molecule has 0 amide bonds. The van der Waals surface area contributed by atoms with Gasteiger partial charge in [0.25, 0.3) is 0 Å². The minimum absolute atomic E-state index is 1.33. The number of rotatable bonds is 1. The molecule has 0 aliphatic rings. The van der Waals surface area contributed by atoms with Crippen molar-refractivity contribution in [3.05, 3.63) is 41.8 Å². The maximum Gasteiger partial charge on any atom is -0.0866 e. The van der Waals surface area contributed by atoms with E-state index in [1.807, 2.05) is 6.07 Å². The SMILES string of the molecule is C[C-](C)c1ccccc1. The van der Waals surface area contributed by atoms with Crippen molar-refractivity contribution in [1.29, 1.82) is 0 Å². The van der Waals surface area contributed by atoms with Crippen molar-refractivity contribution in [3.63, 3.8) is 0 Å². The van der Waals surface area contributed by atoms with Crippen molar-refractivity contribution in [1.82, 2.24) is 0 Å². The zero-order valence-electron chi connectivity index (χ0n) is 5.89. The van der Waals surface area contributed by atoms with E-state index in [0.717, 1.165) is 0 Å². The molecule has 1 rings (SSSR count). The second-order valence-electron chi connectivity index (χ2n) is 2.37. The summed E-state index contributed by atoms with van der Waals surface area (Å²) in [6.07, 6.45) is 0. The lowest BCUT2D eigenvalue weighted by Gasteiger charge is -2.13. The van der Waals surface area contributed by atoms with Gasteiger partial charge in [0.05, 0.1) is 0 Å². The average molecular weight is 119 g/mol. The zero-order valence-corrected chi connectivity index (χ0v) is 5.89. The van der Waals surface area contributed by atoms with Gasteiger partial charge in [0, 0.05) is 0 Å². The molecule has 0 heteroatoms. The summed E-state index contributed by atoms with van der Waals surface area (Å²) < 4.78 is 0. The van der Waals surface area contributed by atoms with Crippen LogP contribution in [0.1, 0.15) is 19.4 Å². The van der Waals surface area contributed by atoms with E-state index in [1.54, 1.807) is 0 Å². The quantitative estimate of drug-likeness (QED) is 0.498. The number of hydrogen-bond donors (Lipinski definition) is 0. The van der Waals surface area contributed by atoms with Gasteiger partial charge in [-0.1, -0.05) is 19.9 Å². The molecule has 0 saturated carbocycles. The highest BCUT2D eigenvalue weighted by molar-refractivity contribution is 5.27. The number of benzene rings is 1. The summed E-state index contributed by atoms with van der Waals surface area (Å²) in [6, 6.07) is 10.4. The molecule has 0 saturated heterocycles. The molecule has 48 valence electrons. The van der Waals surface area contributed by atoms with Gasteiger partial charge in [-0.2, -0.15) is 23.6 Å². The fourth-order valence-electron chi connectivity index (χ4n) is 0.771. The first kappa shape index (κ1) is 6.21. The molecule has 0 fully saturated rings. The van der Waals surface area contributed by atoms with Crippen molar-refractivity contribution in [3.8, 4) is 0 Å². The van der Waals surface area contributed by atoms with Crippen molar-refractivity contribution in [2.75, 3.05) is 0 Å². The van der Waals surface area contributed by atoms with Crippen LogP contribution in [0.5, 0.6) is 0 Å². The normalized spacial score (nSPS) is 9.11. The van der Waals surface area contributed by atoms with Crippen LogP contribution in [0.3, 0.4) is 0 Å². The molecule has 1 aromatic rings. The van der Waals surface area contributed by atoms with E-state index in [4.69, 9.17) is 0 Å². The summed E-state index contributed by atoms with van der Waals surface area (Å²) in [5.74, 6) is 1.37. The monoisotopic (exact) mass is 119 g/mol. The van der Waals surface area contributed by atoms with Crippen molar-refractivity contribution in [2.45, 2.75) is 13.8 Å². The lowest BCUT2D eigenvalue weighted by Crippen LogP contribution is -1.84. The summed E-state index contributed by atoms with van der Waals surface area (Å²) >= 11 is 0. The van der Waals surface area contributed by atoms with Gasteiger partial charge < -0.3 is 0 Å². The third-order valence-corrected chi connectivity index (χ3v) is 1.35. The Bertz CT molecular complexity index is 163. The fraction of sp³-hybridized carbons (Fsp3) is 0.222. The molecule has 0 bridgehead atoms. The molecule has 0 radical (unpaired) electrons. The molecule has 0 aliphatic heterocycles.